The topological polar surface area (TPSA) is 49.3 Å². The lowest BCUT2D eigenvalue weighted by atomic mass is 9.98. The third-order valence-corrected chi connectivity index (χ3v) is 2.86. The smallest absolute Gasteiger partial charge is 0.320 e. The Morgan fingerprint density at radius 3 is 2.21 bits per heavy atom. The second-order valence-corrected chi connectivity index (χ2v) is 4.12. The Hall–Kier alpha value is -0.570. The van der Waals surface area contributed by atoms with E-state index in [4.69, 9.17) is 5.11 Å². The first-order chi connectivity index (χ1) is 6.52. The van der Waals surface area contributed by atoms with Crippen molar-refractivity contribution in [1.29, 1.82) is 0 Å². The van der Waals surface area contributed by atoms with Gasteiger partial charge in [-0.1, -0.05) is 40.5 Å². The Morgan fingerprint density at radius 2 is 1.86 bits per heavy atom. The van der Waals surface area contributed by atoms with Gasteiger partial charge in [0.25, 0.3) is 0 Å². The molecule has 0 aromatic heterocycles. The number of hydrogen-bond donors (Lipinski definition) is 2. The predicted octanol–water partition coefficient (Wildman–Crippen LogP) is 2.12. The number of carboxylic acid groups (broad SMARTS) is 1. The molecule has 0 bridgehead atoms. The van der Waals surface area contributed by atoms with E-state index in [-0.39, 0.29) is 5.92 Å². The highest BCUT2D eigenvalue weighted by Crippen LogP contribution is 2.09. The van der Waals surface area contributed by atoms with Gasteiger partial charge in [-0.25, -0.2) is 0 Å². The molecule has 3 atom stereocenters. The fourth-order valence-electron chi connectivity index (χ4n) is 1.24. The van der Waals surface area contributed by atoms with E-state index in [2.05, 4.69) is 19.2 Å². The highest BCUT2D eigenvalue weighted by molar-refractivity contribution is 5.73. The molecule has 0 aliphatic carbocycles. The van der Waals surface area contributed by atoms with Crippen LogP contribution in [0.25, 0.3) is 0 Å². The molecule has 0 aromatic carbocycles. The van der Waals surface area contributed by atoms with Gasteiger partial charge in [-0.15, -0.1) is 0 Å². The summed E-state index contributed by atoms with van der Waals surface area (Å²) in [7, 11) is 0. The molecular weight excluding hydrogens is 178 g/mol. The maximum Gasteiger partial charge on any atom is 0.320 e. The summed E-state index contributed by atoms with van der Waals surface area (Å²) in [6.45, 7) is 9.03. The highest BCUT2D eigenvalue weighted by Gasteiger charge is 2.22. The number of aliphatic carboxylic acids is 1. The maximum atomic E-state index is 10.9. The van der Waals surface area contributed by atoms with Crippen molar-refractivity contribution < 1.29 is 9.90 Å². The van der Waals surface area contributed by atoms with Crippen LogP contribution in [0.3, 0.4) is 0 Å². The summed E-state index contributed by atoms with van der Waals surface area (Å²) in [4.78, 5) is 10.9. The van der Waals surface area contributed by atoms with Gasteiger partial charge in [0, 0.05) is 0 Å². The van der Waals surface area contributed by atoms with Crippen molar-refractivity contribution in [3.8, 4) is 0 Å². The molecule has 2 N–H and O–H groups in total. The SMILES string of the molecule is CCC(C)CN[C@H](C(=O)O)[C@@H](C)CC. The van der Waals surface area contributed by atoms with Crippen LogP contribution in [0.5, 0.6) is 0 Å². The van der Waals surface area contributed by atoms with Crippen LogP contribution < -0.4 is 5.32 Å². The minimum absolute atomic E-state index is 0.191. The van der Waals surface area contributed by atoms with Crippen LogP contribution in [0, 0.1) is 11.8 Å². The van der Waals surface area contributed by atoms with E-state index in [0.29, 0.717) is 5.92 Å². The summed E-state index contributed by atoms with van der Waals surface area (Å²) in [5, 5.41) is 12.1. The van der Waals surface area contributed by atoms with E-state index in [1.54, 1.807) is 0 Å². The van der Waals surface area contributed by atoms with Crippen molar-refractivity contribution in [2.24, 2.45) is 11.8 Å². The first kappa shape index (κ1) is 13.4. The highest BCUT2D eigenvalue weighted by atomic mass is 16.4. The number of rotatable bonds is 7. The van der Waals surface area contributed by atoms with Crippen molar-refractivity contribution in [2.45, 2.75) is 46.6 Å². The second kappa shape index (κ2) is 6.82. The van der Waals surface area contributed by atoms with Gasteiger partial charge in [0.2, 0.25) is 0 Å². The Balaban J connectivity index is 4.04. The average molecular weight is 201 g/mol. The van der Waals surface area contributed by atoms with E-state index >= 15 is 0 Å². The van der Waals surface area contributed by atoms with Gasteiger partial charge < -0.3 is 10.4 Å². The van der Waals surface area contributed by atoms with Crippen LogP contribution in [0.15, 0.2) is 0 Å². The molecule has 0 fully saturated rings. The van der Waals surface area contributed by atoms with Crippen molar-refractivity contribution >= 4 is 5.97 Å². The van der Waals surface area contributed by atoms with E-state index < -0.39 is 12.0 Å². The number of carbonyl (C=O) groups is 1. The van der Waals surface area contributed by atoms with E-state index in [1.807, 2.05) is 13.8 Å². The summed E-state index contributed by atoms with van der Waals surface area (Å²) in [5.41, 5.74) is 0. The Kier molecular flexibility index (Phi) is 6.54. The quantitative estimate of drug-likeness (QED) is 0.663. The van der Waals surface area contributed by atoms with Crippen molar-refractivity contribution in [1.82, 2.24) is 5.32 Å². The molecule has 0 spiro atoms. The third kappa shape index (κ3) is 4.61. The second-order valence-electron chi connectivity index (χ2n) is 4.12. The minimum atomic E-state index is -0.734. The fourth-order valence-corrected chi connectivity index (χ4v) is 1.24. The van der Waals surface area contributed by atoms with Crippen molar-refractivity contribution in [3.63, 3.8) is 0 Å². The van der Waals surface area contributed by atoms with Gasteiger partial charge in [0.15, 0.2) is 0 Å². The maximum absolute atomic E-state index is 10.9. The molecule has 0 saturated carbocycles. The summed E-state index contributed by atoms with van der Waals surface area (Å²) in [6.07, 6.45) is 1.98. The minimum Gasteiger partial charge on any atom is -0.480 e. The van der Waals surface area contributed by atoms with Crippen LogP contribution in [0.2, 0.25) is 0 Å². The fraction of sp³-hybridized carbons (Fsp3) is 0.909. The molecule has 0 heterocycles. The molecule has 0 aliphatic heterocycles. The molecule has 0 aliphatic rings. The van der Waals surface area contributed by atoms with E-state index in [0.717, 1.165) is 19.4 Å². The van der Waals surface area contributed by atoms with Gasteiger partial charge in [-0.2, -0.15) is 0 Å². The summed E-state index contributed by atoms with van der Waals surface area (Å²) in [6, 6.07) is -0.394. The number of hydrogen-bond acceptors (Lipinski definition) is 2. The molecular formula is C11H23NO2. The summed E-state index contributed by atoms with van der Waals surface area (Å²) in [5.74, 6) is 0.000107. The van der Waals surface area contributed by atoms with Crippen LogP contribution in [-0.2, 0) is 4.79 Å². The lowest BCUT2D eigenvalue weighted by Gasteiger charge is -2.21. The average Bonchev–Trinajstić information content (AvgIpc) is 2.16. The number of nitrogens with one attached hydrogen (secondary N) is 1. The van der Waals surface area contributed by atoms with Crippen molar-refractivity contribution in [2.75, 3.05) is 6.54 Å². The van der Waals surface area contributed by atoms with Crippen molar-refractivity contribution in [3.05, 3.63) is 0 Å². The largest absolute Gasteiger partial charge is 0.480 e. The molecule has 0 radical (unpaired) electrons. The van der Waals surface area contributed by atoms with Crippen LogP contribution >= 0.6 is 0 Å². The first-order valence-electron chi connectivity index (χ1n) is 5.49. The van der Waals surface area contributed by atoms with Gasteiger partial charge in [0.05, 0.1) is 0 Å². The van der Waals surface area contributed by atoms with Crippen LogP contribution in [0.4, 0.5) is 0 Å². The first-order valence-corrected chi connectivity index (χ1v) is 5.49. The number of carboxylic acids is 1. The zero-order chi connectivity index (χ0) is 11.1. The van der Waals surface area contributed by atoms with Crippen LogP contribution in [0.1, 0.15) is 40.5 Å². The summed E-state index contributed by atoms with van der Waals surface area (Å²) < 4.78 is 0. The molecule has 0 saturated heterocycles. The molecule has 84 valence electrons. The Labute approximate surface area is 86.9 Å². The Bertz CT molecular complexity index is 171. The summed E-state index contributed by atoms with van der Waals surface area (Å²) >= 11 is 0. The Morgan fingerprint density at radius 1 is 1.29 bits per heavy atom. The van der Waals surface area contributed by atoms with Gasteiger partial charge in [-0.05, 0) is 18.4 Å². The van der Waals surface area contributed by atoms with Gasteiger partial charge >= 0.3 is 5.97 Å². The van der Waals surface area contributed by atoms with Gasteiger partial charge in [0.1, 0.15) is 6.04 Å². The monoisotopic (exact) mass is 201 g/mol. The molecule has 0 rings (SSSR count). The predicted molar refractivity (Wildman–Crippen MR) is 58.3 cm³/mol. The van der Waals surface area contributed by atoms with E-state index in [9.17, 15) is 4.79 Å². The van der Waals surface area contributed by atoms with Gasteiger partial charge in [-0.3, -0.25) is 4.79 Å². The third-order valence-electron chi connectivity index (χ3n) is 2.86. The van der Waals surface area contributed by atoms with E-state index in [1.165, 1.54) is 0 Å². The standard InChI is InChI=1S/C11H23NO2/c1-5-8(3)7-12-10(11(13)14)9(4)6-2/h8-10,12H,5-7H2,1-4H3,(H,13,14)/t8?,9-,10-/m0/s1. The van der Waals surface area contributed by atoms with Crippen LogP contribution in [-0.4, -0.2) is 23.7 Å². The molecule has 0 aromatic rings. The zero-order valence-corrected chi connectivity index (χ0v) is 9.71. The normalized spacial score (nSPS) is 17.4. The lowest BCUT2D eigenvalue weighted by molar-refractivity contribution is -0.140. The lowest BCUT2D eigenvalue weighted by Crippen LogP contribution is -2.43. The molecule has 3 heteroatoms. The molecule has 3 nitrogen and oxygen atoms in total. The molecule has 1 unspecified atom stereocenters. The zero-order valence-electron chi connectivity index (χ0n) is 9.71. The molecule has 14 heavy (non-hydrogen) atoms. The molecule has 0 amide bonds.